The fourth-order valence-corrected chi connectivity index (χ4v) is 9.04. The fraction of sp³-hybridized carbons (Fsp3) is 0. The number of benzene rings is 8. The van der Waals surface area contributed by atoms with E-state index in [2.05, 4.69) is 133 Å². The lowest BCUT2D eigenvalue weighted by Crippen LogP contribution is -2.00. The number of nitrogens with zero attached hydrogens (tertiary/aromatic N) is 5. The highest BCUT2D eigenvalue weighted by Gasteiger charge is 2.16. The Labute approximate surface area is 345 Å². The third-order valence-corrected chi connectivity index (χ3v) is 11.9. The Morgan fingerprint density at radius 1 is 0.271 bits per heavy atom. The summed E-state index contributed by atoms with van der Waals surface area (Å²) in [6.07, 6.45) is 0. The van der Waals surface area contributed by atoms with Crippen molar-refractivity contribution >= 4 is 42.3 Å². The Balaban J connectivity index is 1.00. The van der Waals surface area contributed by atoms with Crippen LogP contribution in [0.15, 0.2) is 200 Å². The molecule has 11 aromatic rings. The van der Waals surface area contributed by atoms with Crippen molar-refractivity contribution in [1.29, 1.82) is 0 Å². The lowest BCUT2D eigenvalue weighted by molar-refractivity contribution is 1.07. The number of thiophene rings is 1. The van der Waals surface area contributed by atoms with Gasteiger partial charge in [-0.25, -0.2) is 24.9 Å². The second-order valence-electron chi connectivity index (χ2n) is 14.5. The third-order valence-electron chi connectivity index (χ3n) is 10.7. The van der Waals surface area contributed by atoms with Crippen LogP contribution in [0, 0.1) is 0 Å². The lowest BCUT2D eigenvalue weighted by atomic mass is 9.99. The first-order chi connectivity index (χ1) is 29.2. The number of aromatic nitrogens is 5. The van der Waals surface area contributed by atoms with Crippen molar-refractivity contribution in [3.8, 4) is 79.2 Å². The van der Waals surface area contributed by atoms with Crippen LogP contribution in [0.4, 0.5) is 0 Å². The predicted octanol–water partition coefficient (Wildman–Crippen LogP) is 13.9. The number of hydrogen-bond donors (Lipinski definition) is 0. The van der Waals surface area contributed by atoms with Crippen molar-refractivity contribution in [3.05, 3.63) is 200 Å². The van der Waals surface area contributed by atoms with Crippen molar-refractivity contribution in [3.63, 3.8) is 0 Å². The van der Waals surface area contributed by atoms with Crippen molar-refractivity contribution < 1.29 is 0 Å². The van der Waals surface area contributed by atoms with Gasteiger partial charge < -0.3 is 0 Å². The molecule has 3 heterocycles. The maximum absolute atomic E-state index is 5.25. The van der Waals surface area contributed by atoms with Crippen LogP contribution >= 0.6 is 11.3 Å². The standard InChI is InChI=1S/C53H33N5S/c1-4-15-35(16-5-1)46-33-47(55-52(54-46)42-27-28-44-45-29-26-34-14-10-11-25-43(34)49(45)59-48(44)32-42)40-23-12-21-38(30-40)39-22-13-24-41(31-39)53-57-50(36-17-6-2-7-18-36)56-51(58-53)37-19-8-3-9-20-37/h1-33H. The van der Waals surface area contributed by atoms with Crippen molar-refractivity contribution in [2.45, 2.75) is 0 Å². The van der Waals surface area contributed by atoms with E-state index in [0.717, 1.165) is 55.9 Å². The van der Waals surface area contributed by atoms with Crippen LogP contribution in [0.1, 0.15) is 0 Å². The van der Waals surface area contributed by atoms with Gasteiger partial charge in [0, 0.05) is 53.6 Å². The van der Waals surface area contributed by atoms with Crippen LogP contribution in [0.3, 0.4) is 0 Å². The number of rotatable bonds is 7. The summed E-state index contributed by atoms with van der Waals surface area (Å²) >= 11 is 1.83. The maximum atomic E-state index is 5.25. The topological polar surface area (TPSA) is 64.5 Å². The lowest BCUT2D eigenvalue weighted by Gasteiger charge is -2.12. The van der Waals surface area contributed by atoms with E-state index in [4.69, 9.17) is 24.9 Å². The van der Waals surface area contributed by atoms with Gasteiger partial charge in [-0.15, -0.1) is 11.3 Å². The van der Waals surface area contributed by atoms with E-state index in [9.17, 15) is 0 Å². The quantitative estimate of drug-likeness (QED) is 0.161. The SMILES string of the molecule is c1ccc(-c2cc(-c3cccc(-c4cccc(-c5nc(-c6ccccc6)nc(-c6ccccc6)n5)c4)c3)nc(-c3ccc4c(c3)sc3c5ccccc5ccc43)n2)cc1. The van der Waals surface area contributed by atoms with Crippen LogP contribution in [0.5, 0.6) is 0 Å². The Morgan fingerprint density at radius 2 is 0.746 bits per heavy atom. The van der Waals surface area contributed by atoms with Crippen molar-refractivity contribution in [2.75, 3.05) is 0 Å². The predicted molar refractivity (Wildman–Crippen MR) is 244 cm³/mol. The van der Waals surface area contributed by atoms with Crippen LogP contribution < -0.4 is 0 Å². The smallest absolute Gasteiger partial charge is 0.164 e. The molecule has 0 spiro atoms. The van der Waals surface area contributed by atoms with Gasteiger partial charge in [-0.1, -0.05) is 176 Å². The van der Waals surface area contributed by atoms with Gasteiger partial charge in [0.15, 0.2) is 23.3 Å². The van der Waals surface area contributed by atoms with Crippen LogP contribution in [0.2, 0.25) is 0 Å². The number of hydrogen-bond acceptors (Lipinski definition) is 6. The minimum Gasteiger partial charge on any atom is -0.228 e. The molecule has 0 aliphatic heterocycles. The van der Waals surface area contributed by atoms with Crippen molar-refractivity contribution in [1.82, 2.24) is 24.9 Å². The van der Waals surface area contributed by atoms with E-state index in [1.807, 2.05) is 78.1 Å². The minimum atomic E-state index is 0.618. The van der Waals surface area contributed by atoms with Crippen LogP contribution in [0.25, 0.3) is 110 Å². The zero-order valence-electron chi connectivity index (χ0n) is 31.7. The highest BCUT2D eigenvalue weighted by atomic mass is 32.1. The summed E-state index contributed by atoms with van der Waals surface area (Å²) in [4.78, 5) is 25.3. The van der Waals surface area contributed by atoms with Gasteiger partial charge in [0.1, 0.15) is 0 Å². The van der Waals surface area contributed by atoms with Gasteiger partial charge in [-0.05, 0) is 46.2 Å². The van der Waals surface area contributed by atoms with E-state index in [1.165, 1.54) is 30.9 Å². The molecule has 59 heavy (non-hydrogen) atoms. The molecule has 276 valence electrons. The van der Waals surface area contributed by atoms with E-state index in [0.29, 0.717) is 23.3 Å². The molecule has 0 N–H and O–H groups in total. The van der Waals surface area contributed by atoms with Gasteiger partial charge >= 0.3 is 0 Å². The van der Waals surface area contributed by atoms with Gasteiger partial charge in [0.05, 0.1) is 11.4 Å². The Kier molecular flexibility index (Phi) is 8.60. The summed E-state index contributed by atoms with van der Waals surface area (Å²) in [5.41, 5.74) is 9.65. The average Bonchev–Trinajstić information content (AvgIpc) is 3.71. The molecule has 5 nitrogen and oxygen atoms in total. The first-order valence-electron chi connectivity index (χ1n) is 19.6. The normalized spacial score (nSPS) is 11.4. The summed E-state index contributed by atoms with van der Waals surface area (Å²) in [5, 5.41) is 5.06. The van der Waals surface area contributed by atoms with Gasteiger partial charge in [-0.2, -0.15) is 0 Å². The molecule has 0 radical (unpaired) electrons. The Hall–Kier alpha value is -7.67. The highest BCUT2D eigenvalue weighted by Crippen LogP contribution is 2.40. The molecule has 0 aliphatic carbocycles. The van der Waals surface area contributed by atoms with Gasteiger partial charge in [-0.3, -0.25) is 0 Å². The fourth-order valence-electron chi connectivity index (χ4n) is 7.76. The zero-order valence-corrected chi connectivity index (χ0v) is 32.5. The van der Waals surface area contributed by atoms with E-state index < -0.39 is 0 Å². The molecule has 0 atom stereocenters. The number of fused-ring (bicyclic) bond motifs is 5. The molecule has 0 amide bonds. The molecule has 0 saturated carbocycles. The first-order valence-corrected chi connectivity index (χ1v) is 20.4. The molecule has 0 unspecified atom stereocenters. The van der Waals surface area contributed by atoms with E-state index in [-0.39, 0.29) is 0 Å². The summed E-state index contributed by atoms with van der Waals surface area (Å²) in [6, 6.07) is 69.3. The summed E-state index contributed by atoms with van der Waals surface area (Å²) < 4.78 is 2.52. The molecule has 8 aromatic carbocycles. The van der Waals surface area contributed by atoms with Gasteiger partial charge in [0.25, 0.3) is 0 Å². The van der Waals surface area contributed by atoms with E-state index in [1.54, 1.807) is 0 Å². The Morgan fingerprint density at radius 3 is 1.42 bits per heavy atom. The molecule has 0 aliphatic rings. The van der Waals surface area contributed by atoms with Crippen molar-refractivity contribution in [2.24, 2.45) is 0 Å². The first kappa shape index (κ1) is 34.6. The molecular formula is C53H33N5S. The Bertz CT molecular complexity index is 3270. The maximum Gasteiger partial charge on any atom is 0.164 e. The molecule has 3 aromatic heterocycles. The molecule has 0 saturated heterocycles. The molecule has 0 bridgehead atoms. The molecule has 11 rings (SSSR count). The second kappa shape index (κ2) is 14.7. The van der Waals surface area contributed by atoms with Crippen LogP contribution in [-0.4, -0.2) is 24.9 Å². The second-order valence-corrected chi connectivity index (χ2v) is 15.6. The van der Waals surface area contributed by atoms with Crippen LogP contribution in [-0.2, 0) is 0 Å². The summed E-state index contributed by atoms with van der Waals surface area (Å²) in [5.74, 6) is 2.58. The zero-order chi connectivity index (χ0) is 39.1. The highest BCUT2D eigenvalue weighted by molar-refractivity contribution is 7.26. The molecular weight excluding hydrogens is 739 g/mol. The van der Waals surface area contributed by atoms with E-state index >= 15 is 0 Å². The largest absolute Gasteiger partial charge is 0.228 e. The minimum absolute atomic E-state index is 0.618. The average molecular weight is 772 g/mol. The summed E-state index contributed by atoms with van der Waals surface area (Å²) in [6.45, 7) is 0. The molecule has 0 fully saturated rings. The summed E-state index contributed by atoms with van der Waals surface area (Å²) in [7, 11) is 0. The molecule has 6 heteroatoms. The third kappa shape index (κ3) is 6.61. The van der Waals surface area contributed by atoms with Gasteiger partial charge in [0.2, 0.25) is 0 Å². The monoisotopic (exact) mass is 771 g/mol.